The van der Waals surface area contributed by atoms with E-state index in [2.05, 4.69) is 4.74 Å². The monoisotopic (exact) mass is 238 g/mol. The average molecular weight is 239 g/mol. The summed E-state index contributed by atoms with van der Waals surface area (Å²) >= 11 is 5.82. The van der Waals surface area contributed by atoms with Crippen LogP contribution in [0.4, 0.5) is 0 Å². The van der Waals surface area contributed by atoms with Gasteiger partial charge in [0.05, 0.1) is 7.11 Å². The molecule has 0 amide bonds. The Labute approximate surface area is 101 Å². The van der Waals surface area contributed by atoms with Crippen LogP contribution in [0.5, 0.6) is 0 Å². The minimum Gasteiger partial charge on any atom is -0.469 e. The third kappa shape index (κ3) is 3.70. The molecule has 0 N–H and O–H groups in total. The van der Waals surface area contributed by atoms with Gasteiger partial charge in [-0.3, -0.25) is 4.79 Å². The van der Waals surface area contributed by atoms with Crippen molar-refractivity contribution in [1.29, 1.82) is 0 Å². The average Bonchev–Trinajstić information content (AvgIpc) is 2.31. The number of allylic oxidation sites excluding steroid dienone is 2. The maximum Gasteiger partial charge on any atom is 0.305 e. The highest BCUT2D eigenvalue weighted by Crippen LogP contribution is 2.21. The first-order valence-electron chi connectivity index (χ1n) is 5.15. The van der Waals surface area contributed by atoms with E-state index in [1.54, 1.807) is 0 Å². The molecular formula is C13H15ClO2. The van der Waals surface area contributed by atoms with Gasteiger partial charge >= 0.3 is 5.97 Å². The highest BCUT2D eigenvalue weighted by Gasteiger charge is 2.05. The summed E-state index contributed by atoms with van der Waals surface area (Å²) in [6.45, 7) is 1.96. The van der Waals surface area contributed by atoms with Gasteiger partial charge in [0.1, 0.15) is 0 Å². The fraction of sp³-hybridized carbons (Fsp3) is 0.308. The molecule has 0 saturated carbocycles. The lowest BCUT2D eigenvalue weighted by Crippen LogP contribution is -2.00. The Morgan fingerprint density at radius 3 is 2.44 bits per heavy atom. The molecule has 86 valence electrons. The van der Waals surface area contributed by atoms with Crippen molar-refractivity contribution < 1.29 is 9.53 Å². The van der Waals surface area contributed by atoms with Crippen LogP contribution in [-0.4, -0.2) is 13.1 Å². The van der Waals surface area contributed by atoms with Gasteiger partial charge in [-0.1, -0.05) is 29.8 Å². The van der Waals surface area contributed by atoms with Crippen LogP contribution in [0.15, 0.2) is 30.3 Å². The standard InChI is InChI=1S/C13H15ClO2/c1-3-10(6-9-13(15)16-2)11-4-7-12(14)8-5-11/h3-5,7-8H,6,9H2,1-2H3. The quantitative estimate of drug-likeness (QED) is 0.748. The molecule has 0 fully saturated rings. The second-order valence-electron chi connectivity index (χ2n) is 3.40. The van der Waals surface area contributed by atoms with E-state index in [9.17, 15) is 4.79 Å². The molecule has 1 rings (SSSR count). The van der Waals surface area contributed by atoms with E-state index in [1.807, 2.05) is 37.3 Å². The van der Waals surface area contributed by atoms with Crippen LogP contribution in [-0.2, 0) is 9.53 Å². The maximum absolute atomic E-state index is 11.0. The van der Waals surface area contributed by atoms with Crippen molar-refractivity contribution in [3.05, 3.63) is 40.9 Å². The lowest BCUT2D eigenvalue weighted by atomic mass is 10.0. The molecule has 0 aliphatic rings. The molecule has 1 aromatic rings. The van der Waals surface area contributed by atoms with E-state index in [0.717, 1.165) is 11.1 Å². The van der Waals surface area contributed by atoms with Crippen molar-refractivity contribution in [2.75, 3.05) is 7.11 Å². The molecule has 0 bridgehead atoms. The molecule has 0 saturated heterocycles. The van der Waals surface area contributed by atoms with E-state index in [0.29, 0.717) is 17.9 Å². The molecule has 0 aliphatic carbocycles. The number of carbonyl (C=O) groups excluding carboxylic acids is 1. The van der Waals surface area contributed by atoms with Crippen LogP contribution in [0.25, 0.3) is 5.57 Å². The van der Waals surface area contributed by atoms with Crippen molar-refractivity contribution in [2.24, 2.45) is 0 Å². The molecule has 0 atom stereocenters. The second-order valence-corrected chi connectivity index (χ2v) is 3.83. The van der Waals surface area contributed by atoms with Gasteiger partial charge in [-0.05, 0) is 36.6 Å². The molecule has 1 aromatic carbocycles. The Kier molecular flexibility index (Phi) is 5.06. The third-order valence-corrected chi connectivity index (χ3v) is 2.64. The molecule has 0 heterocycles. The predicted molar refractivity (Wildman–Crippen MR) is 66.4 cm³/mol. The van der Waals surface area contributed by atoms with Gasteiger partial charge in [-0.15, -0.1) is 0 Å². The van der Waals surface area contributed by atoms with Crippen LogP contribution in [0.3, 0.4) is 0 Å². The summed E-state index contributed by atoms with van der Waals surface area (Å²) in [6.07, 6.45) is 3.09. The van der Waals surface area contributed by atoms with Crippen LogP contribution in [0.1, 0.15) is 25.3 Å². The van der Waals surface area contributed by atoms with Gasteiger partial charge in [0.2, 0.25) is 0 Å². The summed E-state index contributed by atoms with van der Waals surface area (Å²) in [5, 5.41) is 0.715. The summed E-state index contributed by atoms with van der Waals surface area (Å²) in [5.41, 5.74) is 2.22. The number of benzene rings is 1. The molecule has 0 aromatic heterocycles. The second kappa shape index (κ2) is 6.33. The Morgan fingerprint density at radius 2 is 1.94 bits per heavy atom. The SMILES string of the molecule is CC=C(CCC(=O)OC)c1ccc(Cl)cc1. The Morgan fingerprint density at radius 1 is 1.31 bits per heavy atom. The van der Waals surface area contributed by atoms with E-state index in [1.165, 1.54) is 7.11 Å². The number of esters is 1. The van der Waals surface area contributed by atoms with Crippen molar-refractivity contribution >= 4 is 23.1 Å². The summed E-state index contributed by atoms with van der Waals surface area (Å²) < 4.78 is 4.61. The van der Waals surface area contributed by atoms with Crippen molar-refractivity contribution in [3.8, 4) is 0 Å². The minimum absolute atomic E-state index is 0.187. The fourth-order valence-electron chi connectivity index (χ4n) is 1.46. The van der Waals surface area contributed by atoms with Crippen molar-refractivity contribution in [2.45, 2.75) is 19.8 Å². The summed E-state index contributed by atoms with van der Waals surface area (Å²) in [5.74, 6) is -0.187. The van der Waals surface area contributed by atoms with Crippen LogP contribution >= 0.6 is 11.6 Å². The molecule has 2 nitrogen and oxygen atoms in total. The van der Waals surface area contributed by atoms with Gasteiger partial charge in [-0.25, -0.2) is 0 Å². The number of methoxy groups -OCH3 is 1. The van der Waals surface area contributed by atoms with Gasteiger partial charge in [0.15, 0.2) is 0 Å². The minimum atomic E-state index is -0.187. The zero-order valence-corrected chi connectivity index (χ0v) is 10.3. The topological polar surface area (TPSA) is 26.3 Å². The van der Waals surface area contributed by atoms with Crippen LogP contribution in [0, 0.1) is 0 Å². The fourth-order valence-corrected chi connectivity index (χ4v) is 1.58. The zero-order valence-electron chi connectivity index (χ0n) is 9.50. The van der Waals surface area contributed by atoms with Crippen LogP contribution < -0.4 is 0 Å². The normalized spacial score (nSPS) is 11.3. The molecule has 3 heteroatoms. The smallest absolute Gasteiger partial charge is 0.305 e. The highest BCUT2D eigenvalue weighted by atomic mass is 35.5. The van der Waals surface area contributed by atoms with Crippen molar-refractivity contribution in [1.82, 2.24) is 0 Å². The van der Waals surface area contributed by atoms with E-state index in [4.69, 9.17) is 11.6 Å². The number of carbonyl (C=O) groups is 1. The molecule has 0 aliphatic heterocycles. The first-order valence-corrected chi connectivity index (χ1v) is 5.53. The largest absolute Gasteiger partial charge is 0.469 e. The van der Waals surface area contributed by atoms with Crippen molar-refractivity contribution in [3.63, 3.8) is 0 Å². The number of hydrogen-bond acceptors (Lipinski definition) is 2. The zero-order chi connectivity index (χ0) is 12.0. The number of halogens is 1. The summed E-state index contributed by atoms with van der Waals surface area (Å²) in [6, 6.07) is 7.60. The molecule has 0 unspecified atom stereocenters. The Balaban J connectivity index is 2.69. The van der Waals surface area contributed by atoms with Gasteiger partial charge in [0, 0.05) is 11.4 Å². The predicted octanol–water partition coefficient (Wildman–Crippen LogP) is 3.70. The Hall–Kier alpha value is -1.28. The summed E-state index contributed by atoms with van der Waals surface area (Å²) in [4.78, 5) is 11.0. The van der Waals surface area contributed by atoms with Gasteiger partial charge < -0.3 is 4.74 Å². The lowest BCUT2D eigenvalue weighted by molar-refractivity contribution is -0.140. The maximum atomic E-state index is 11.0. The van der Waals surface area contributed by atoms with E-state index >= 15 is 0 Å². The molecule has 0 radical (unpaired) electrons. The third-order valence-electron chi connectivity index (χ3n) is 2.39. The number of hydrogen-bond donors (Lipinski definition) is 0. The molecule has 0 spiro atoms. The first-order chi connectivity index (χ1) is 7.67. The van der Waals surface area contributed by atoms with Crippen LogP contribution in [0.2, 0.25) is 5.02 Å². The van der Waals surface area contributed by atoms with E-state index in [-0.39, 0.29) is 5.97 Å². The van der Waals surface area contributed by atoms with E-state index < -0.39 is 0 Å². The van der Waals surface area contributed by atoms with Gasteiger partial charge in [-0.2, -0.15) is 0 Å². The highest BCUT2D eigenvalue weighted by molar-refractivity contribution is 6.30. The molecule has 16 heavy (non-hydrogen) atoms. The molecular weight excluding hydrogens is 224 g/mol. The number of ether oxygens (including phenoxy) is 1. The number of rotatable bonds is 4. The lowest BCUT2D eigenvalue weighted by Gasteiger charge is -2.06. The first kappa shape index (κ1) is 12.8. The summed E-state index contributed by atoms with van der Waals surface area (Å²) in [7, 11) is 1.40. The van der Waals surface area contributed by atoms with Gasteiger partial charge in [0.25, 0.3) is 0 Å². The Bertz CT molecular complexity index is 379.